The second kappa shape index (κ2) is 5.44. The largest absolute Gasteiger partial charge is 1.00 e. The predicted molar refractivity (Wildman–Crippen MR) is 58.6 cm³/mol. The molecule has 2 rings (SSSR count). The number of hydrogen-bond acceptors (Lipinski definition) is 3. The Labute approximate surface area is 137 Å². The van der Waals surface area contributed by atoms with E-state index in [1.165, 1.54) is 6.66 Å². The molecule has 1 heterocycles. The minimum atomic E-state index is -3.54. The summed E-state index contributed by atoms with van der Waals surface area (Å²) in [6, 6.07) is 7.43. The minimum Gasteiger partial charge on any atom is -0.794 e. The van der Waals surface area contributed by atoms with Crippen LogP contribution in [0.2, 0.25) is 0 Å². The van der Waals surface area contributed by atoms with E-state index in [0.29, 0.717) is 6.54 Å². The van der Waals surface area contributed by atoms with E-state index in [1.54, 1.807) is 4.57 Å². The molecular weight excluding hydrogens is 250 g/mol. The molecule has 0 saturated heterocycles. The first-order valence-electron chi connectivity index (χ1n) is 4.78. The smallest absolute Gasteiger partial charge is 0.794 e. The van der Waals surface area contributed by atoms with Crippen LogP contribution in [0.25, 0.3) is 11.0 Å². The Morgan fingerprint density at radius 3 is 2.62 bits per heavy atom. The summed E-state index contributed by atoms with van der Waals surface area (Å²) in [5.41, 5.74) is 1.77. The molecule has 0 bridgehead atoms. The van der Waals surface area contributed by atoms with Gasteiger partial charge in [-0.2, -0.15) is 0 Å². The summed E-state index contributed by atoms with van der Waals surface area (Å²) in [5, 5.41) is 0. The Balaban J connectivity index is 0.00000128. The molecule has 1 aromatic heterocycles. The van der Waals surface area contributed by atoms with Crippen LogP contribution in [0.1, 0.15) is 6.92 Å². The van der Waals surface area contributed by atoms with Crippen molar-refractivity contribution < 1.29 is 60.8 Å². The third-order valence-corrected chi connectivity index (χ3v) is 3.38. The third-order valence-electron chi connectivity index (χ3n) is 2.31. The number of imidazole rings is 1. The van der Waals surface area contributed by atoms with Crippen molar-refractivity contribution in [3.05, 3.63) is 24.3 Å². The summed E-state index contributed by atoms with van der Waals surface area (Å²) < 4.78 is 13.3. The van der Waals surface area contributed by atoms with Crippen LogP contribution in [-0.4, -0.2) is 16.2 Å². The second-order valence-electron chi connectivity index (χ2n) is 3.49. The van der Waals surface area contributed by atoms with Crippen LogP contribution < -0.4 is 61.8 Å². The number of aryl methyl sites for hydroxylation is 1. The molecule has 0 radical (unpaired) electrons. The molecule has 0 saturated carbocycles. The van der Waals surface area contributed by atoms with Crippen LogP contribution in [0.15, 0.2) is 24.3 Å². The first kappa shape index (κ1) is 14.6. The fourth-order valence-electron chi connectivity index (χ4n) is 1.68. The molecule has 6 heteroatoms. The van der Waals surface area contributed by atoms with Gasteiger partial charge in [-0.15, -0.1) is 0 Å². The summed E-state index contributed by atoms with van der Waals surface area (Å²) in [6.45, 7) is 3.73. The average molecular weight is 262 g/mol. The number of hydrogen-bond donors (Lipinski definition) is 0. The first-order valence-corrected chi connectivity index (χ1v) is 6.85. The number of fused-ring (bicyclic) bond motifs is 1. The number of aromatic nitrogens is 2. The van der Waals surface area contributed by atoms with Crippen molar-refractivity contribution in [3.63, 3.8) is 0 Å². The third kappa shape index (κ3) is 2.67. The number of para-hydroxylation sites is 2. The molecule has 16 heavy (non-hydrogen) atoms. The summed E-state index contributed by atoms with van der Waals surface area (Å²) in [5.74, 6) is 0. The van der Waals surface area contributed by atoms with Gasteiger partial charge in [0.15, 0.2) is 5.57 Å². The van der Waals surface area contributed by atoms with Crippen molar-refractivity contribution in [2.24, 2.45) is 0 Å². The zero-order chi connectivity index (χ0) is 11.1. The van der Waals surface area contributed by atoms with Gasteiger partial charge in [0.05, 0.1) is 18.4 Å². The molecule has 0 aliphatic rings. The fourth-order valence-corrected chi connectivity index (χ4v) is 2.66. The quantitative estimate of drug-likeness (QED) is 0.462. The Morgan fingerprint density at radius 1 is 1.44 bits per heavy atom. The SMILES string of the molecule is CCn1c(P(C)(=O)[O-])nc2ccccc21.[K+]. The molecule has 4 nitrogen and oxygen atoms in total. The van der Waals surface area contributed by atoms with Crippen molar-refractivity contribution in [3.8, 4) is 0 Å². The molecule has 0 aliphatic carbocycles. The zero-order valence-corrected chi connectivity index (χ0v) is 13.7. The van der Waals surface area contributed by atoms with Crippen molar-refractivity contribution in [2.75, 3.05) is 6.66 Å². The van der Waals surface area contributed by atoms with Crippen molar-refractivity contribution in [2.45, 2.75) is 13.5 Å². The molecule has 80 valence electrons. The van der Waals surface area contributed by atoms with E-state index < -0.39 is 7.37 Å². The predicted octanol–water partition coefficient (Wildman–Crippen LogP) is -2.05. The number of nitrogens with zero attached hydrogens (tertiary/aromatic N) is 2. The molecule has 1 aromatic carbocycles. The van der Waals surface area contributed by atoms with Gasteiger partial charge in [0.2, 0.25) is 0 Å². The zero-order valence-electron chi connectivity index (χ0n) is 9.67. The van der Waals surface area contributed by atoms with E-state index in [-0.39, 0.29) is 57.0 Å². The molecule has 0 aliphatic heterocycles. The Morgan fingerprint density at radius 2 is 2.06 bits per heavy atom. The maximum Gasteiger partial charge on any atom is 1.00 e. The van der Waals surface area contributed by atoms with Crippen molar-refractivity contribution >= 4 is 24.0 Å². The van der Waals surface area contributed by atoms with Gasteiger partial charge in [-0.25, -0.2) is 4.98 Å². The topological polar surface area (TPSA) is 58.0 Å². The van der Waals surface area contributed by atoms with E-state index >= 15 is 0 Å². The van der Waals surface area contributed by atoms with E-state index in [2.05, 4.69) is 4.98 Å². The normalized spacial score (nSPS) is 14.4. The summed E-state index contributed by atoms with van der Waals surface area (Å²) >= 11 is 0. The summed E-state index contributed by atoms with van der Waals surface area (Å²) in [4.78, 5) is 15.7. The number of benzene rings is 1. The van der Waals surface area contributed by atoms with Gasteiger partial charge in [-0.3, -0.25) is 0 Å². The average Bonchev–Trinajstić information content (AvgIpc) is 2.55. The van der Waals surface area contributed by atoms with Gasteiger partial charge in [-0.05, 0) is 25.7 Å². The van der Waals surface area contributed by atoms with Gasteiger partial charge in [0.25, 0.3) is 0 Å². The molecule has 1 atom stereocenters. The Kier molecular flexibility index (Phi) is 4.96. The van der Waals surface area contributed by atoms with E-state index in [4.69, 9.17) is 0 Å². The molecule has 0 spiro atoms. The van der Waals surface area contributed by atoms with Gasteiger partial charge in [0, 0.05) is 6.54 Å². The molecule has 0 N–H and O–H groups in total. The molecular formula is C10H12KN2O2P. The summed E-state index contributed by atoms with van der Waals surface area (Å²) in [7, 11) is -3.54. The second-order valence-corrected chi connectivity index (χ2v) is 5.58. The van der Waals surface area contributed by atoms with E-state index in [9.17, 15) is 9.46 Å². The Bertz CT molecular complexity index is 547. The van der Waals surface area contributed by atoms with Gasteiger partial charge in [-0.1, -0.05) is 12.1 Å². The van der Waals surface area contributed by atoms with Crippen LogP contribution in [0.5, 0.6) is 0 Å². The van der Waals surface area contributed by atoms with Gasteiger partial charge >= 0.3 is 51.4 Å². The molecule has 1 unspecified atom stereocenters. The standard InChI is InChI=1S/C10H13N2O2P.K/c1-3-12-9-7-5-4-6-8(9)11-10(12)15(2,13)14;/h4-7H,3H2,1-2H3,(H,13,14);/q;+1/p-1. The van der Waals surface area contributed by atoms with Gasteiger partial charge in [0.1, 0.15) is 0 Å². The maximum absolute atomic E-state index is 11.5. The maximum atomic E-state index is 11.5. The molecule has 0 amide bonds. The van der Waals surface area contributed by atoms with E-state index in [0.717, 1.165) is 11.0 Å². The summed E-state index contributed by atoms with van der Waals surface area (Å²) in [6.07, 6.45) is 0. The minimum absolute atomic E-state index is 0. The number of rotatable bonds is 2. The molecule has 2 aromatic rings. The van der Waals surface area contributed by atoms with E-state index in [1.807, 2.05) is 31.2 Å². The van der Waals surface area contributed by atoms with Crippen LogP contribution >= 0.6 is 7.37 Å². The monoisotopic (exact) mass is 262 g/mol. The molecule has 0 fully saturated rings. The van der Waals surface area contributed by atoms with Crippen LogP contribution in [0, 0.1) is 0 Å². The first-order chi connectivity index (χ1) is 7.04. The van der Waals surface area contributed by atoms with Gasteiger partial charge < -0.3 is 14.0 Å². The van der Waals surface area contributed by atoms with Crippen LogP contribution in [0.4, 0.5) is 0 Å². The van der Waals surface area contributed by atoms with Crippen molar-refractivity contribution in [1.29, 1.82) is 0 Å². The van der Waals surface area contributed by atoms with Crippen LogP contribution in [0.3, 0.4) is 0 Å². The fraction of sp³-hybridized carbons (Fsp3) is 0.300. The van der Waals surface area contributed by atoms with Crippen LogP contribution in [-0.2, 0) is 11.1 Å². The van der Waals surface area contributed by atoms with Crippen molar-refractivity contribution in [1.82, 2.24) is 9.55 Å². The Hall–Kier alpha value is 0.516.